The van der Waals surface area contributed by atoms with Crippen LogP contribution in [-0.2, 0) is 4.79 Å². The number of benzene rings is 1. The zero-order valence-corrected chi connectivity index (χ0v) is 16.5. The molecule has 0 bridgehead atoms. The molecule has 1 aromatic carbocycles. The van der Waals surface area contributed by atoms with Crippen LogP contribution in [0.25, 0.3) is 0 Å². The maximum atomic E-state index is 13.2. The van der Waals surface area contributed by atoms with E-state index in [1.807, 2.05) is 35.2 Å². The highest BCUT2D eigenvalue weighted by Gasteiger charge is 2.37. The van der Waals surface area contributed by atoms with Gasteiger partial charge in [0.1, 0.15) is 0 Å². The van der Waals surface area contributed by atoms with Gasteiger partial charge in [-0.2, -0.15) is 0 Å². The first-order chi connectivity index (χ1) is 13.2. The lowest BCUT2D eigenvalue weighted by atomic mass is 9.92. The SMILES string of the molecule is CCCN(C(=O)[C@@H]1CCC[C@@H]1CN)C1CCN(C(=O)c2ccccc2)CC1. The van der Waals surface area contributed by atoms with Crippen LogP contribution in [0.15, 0.2) is 30.3 Å². The summed E-state index contributed by atoms with van der Waals surface area (Å²) in [5.74, 6) is 0.848. The van der Waals surface area contributed by atoms with Crippen molar-refractivity contribution in [3.8, 4) is 0 Å². The highest BCUT2D eigenvalue weighted by atomic mass is 16.2. The number of hydrogen-bond acceptors (Lipinski definition) is 3. The summed E-state index contributed by atoms with van der Waals surface area (Å²) in [6.45, 7) is 4.99. The number of amides is 2. The van der Waals surface area contributed by atoms with Crippen molar-refractivity contribution in [2.75, 3.05) is 26.2 Å². The topological polar surface area (TPSA) is 66.6 Å². The van der Waals surface area contributed by atoms with Gasteiger partial charge in [-0.25, -0.2) is 0 Å². The molecule has 1 saturated carbocycles. The summed E-state index contributed by atoms with van der Waals surface area (Å²) in [6.07, 6.45) is 5.87. The minimum Gasteiger partial charge on any atom is -0.339 e. The Morgan fingerprint density at radius 3 is 2.44 bits per heavy atom. The van der Waals surface area contributed by atoms with Crippen LogP contribution in [0.5, 0.6) is 0 Å². The van der Waals surface area contributed by atoms with Gasteiger partial charge in [0, 0.05) is 37.2 Å². The van der Waals surface area contributed by atoms with E-state index in [2.05, 4.69) is 11.8 Å². The van der Waals surface area contributed by atoms with Crippen LogP contribution in [0, 0.1) is 11.8 Å². The third-order valence-electron chi connectivity index (χ3n) is 6.24. The molecule has 3 rings (SSSR count). The molecule has 148 valence electrons. The summed E-state index contributed by atoms with van der Waals surface area (Å²) in [6, 6.07) is 9.71. The van der Waals surface area contributed by atoms with Crippen LogP contribution < -0.4 is 5.73 Å². The molecule has 1 aliphatic carbocycles. The van der Waals surface area contributed by atoms with Gasteiger partial charge < -0.3 is 15.5 Å². The highest BCUT2D eigenvalue weighted by molar-refractivity contribution is 5.94. The summed E-state index contributed by atoms with van der Waals surface area (Å²) in [5, 5.41) is 0. The lowest BCUT2D eigenvalue weighted by molar-refractivity contribution is -0.140. The van der Waals surface area contributed by atoms with Gasteiger partial charge in [0.15, 0.2) is 0 Å². The number of rotatable bonds is 6. The standard InChI is InChI=1S/C22H33N3O2/c1-2-13-25(22(27)20-10-6-9-18(20)16-23)19-11-14-24(15-12-19)21(26)17-7-4-3-5-8-17/h3-5,7-8,18-20H,2,6,9-16,23H2,1H3/t18-,20-/m1/s1. The average Bonchev–Trinajstić information content (AvgIpc) is 3.21. The van der Waals surface area contributed by atoms with E-state index in [0.29, 0.717) is 18.4 Å². The van der Waals surface area contributed by atoms with Crippen molar-refractivity contribution in [3.05, 3.63) is 35.9 Å². The molecule has 2 fully saturated rings. The number of likely N-dealkylation sites (tertiary alicyclic amines) is 1. The zero-order chi connectivity index (χ0) is 19.2. The maximum Gasteiger partial charge on any atom is 0.253 e. The quantitative estimate of drug-likeness (QED) is 0.836. The largest absolute Gasteiger partial charge is 0.339 e. The minimum absolute atomic E-state index is 0.0985. The van der Waals surface area contributed by atoms with Gasteiger partial charge in [0.25, 0.3) is 5.91 Å². The van der Waals surface area contributed by atoms with E-state index < -0.39 is 0 Å². The minimum atomic E-state index is 0.0985. The third kappa shape index (κ3) is 4.52. The van der Waals surface area contributed by atoms with E-state index in [9.17, 15) is 9.59 Å². The van der Waals surface area contributed by atoms with Crippen LogP contribution in [0.1, 0.15) is 55.8 Å². The van der Waals surface area contributed by atoms with Gasteiger partial charge in [-0.3, -0.25) is 9.59 Å². The van der Waals surface area contributed by atoms with E-state index in [1.165, 1.54) is 0 Å². The third-order valence-corrected chi connectivity index (χ3v) is 6.24. The summed E-state index contributed by atoms with van der Waals surface area (Å²) in [5.41, 5.74) is 6.65. The van der Waals surface area contributed by atoms with Crippen molar-refractivity contribution in [3.63, 3.8) is 0 Å². The van der Waals surface area contributed by atoms with Gasteiger partial charge in [0.05, 0.1) is 0 Å². The van der Waals surface area contributed by atoms with E-state index in [-0.39, 0.29) is 17.9 Å². The van der Waals surface area contributed by atoms with E-state index in [4.69, 9.17) is 5.73 Å². The van der Waals surface area contributed by atoms with Crippen LogP contribution in [-0.4, -0.2) is 53.8 Å². The van der Waals surface area contributed by atoms with Crippen molar-refractivity contribution in [2.45, 2.75) is 51.5 Å². The molecule has 2 aliphatic rings. The Bertz CT molecular complexity index is 626. The summed E-state index contributed by atoms with van der Waals surface area (Å²) in [4.78, 5) is 29.9. The second-order valence-corrected chi connectivity index (χ2v) is 7.95. The van der Waals surface area contributed by atoms with Gasteiger partial charge in [0.2, 0.25) is 5.91 Å². The second kappa shape index (κ2) is 9.36. The Morgan fingerprint density at radius 2 is 1.81 bits per heavy atom. The number of hydrogen-bond donors (Lipinski definition) is 1. The van der Waals surface area contributed by atoms with Crippen LogP contribution in [0.2, 0.25) is 0 Å². The van der Waals surface area contributed by atoms with E-state index >= 15 is 0 Å². The molecule has 2 atom stereocenters. The van der Waals surface area contributed by atoms with Crippen LogP contribution in [0.3, 0.4) is 0 Å². The van der Waals surface area contributed by atoms with Gasteiger partial charge in [-0.1, -0.05) is 31.5 Å². The van der Waals surface area contributed by atoms with Crippen molar-refractivity contribution >= 4 is 11.8 Å². The molecular formula is C22H33N3O2. The van der Waals surface area contributed by atoms with Crippen molar-refractivity contribution in [1.29, 1.82) is 0 Å². The van der Waals surface area contributed by atoms with E-state index in [1.54, 1.807) is 0 Å². The van der Waals surface area contributed by atoms with Gasteiger partial charge >= 0.3 is 0 Å². The molecule has 0 spiro atoms. The number of piperidine rings is 1. The fourth-order valence-electron chi connectivity index (χ4n) is 4.71. The molecule has 5 heteroatoms. The molecule has 1 saturated heterocycles. The molecule has 1 aliphatic heterocycles. The summed E-state index contributed by atoms with van der Waals surface area (Å²) < 4.78 is 0. The fraction of sp³-hybridized carbons (Fsp3) is 0.636. The number of nitrogens with two attached hydrogens (primary N) is 1. The first-order valence-electron chi connectivity index (χ1n) is 10.5. The lowest BCUT2D eigenvalue weighted by Gasteiger charge is -2.40. The molecule has 1 aromatic rings. The van der Waals surface area contributed by atoms with Crippen LogP contribution >= 0.6 is 0 Å². The monoisotopic (exact) mass is 371 g/mol. The number of nitrogens with zero attached hydrogens (tertiary/aromatic N) is 2. The Balaban J connectivity index is 1.61. The maximum absolute atomic E-state index is 13.2. The molecule has 5 nitrogen and oxygen atoms in total. The Kier molecular flexibility index (Phi) is 6.89. The predicted octanol–water partition coefficient (Wildman–Crippen LogP) is 2.90. The lowest BCUT2D eigenvalue weighted by Crippen LogP contribution is -2.51. The molecule has 2 N–H and O–H groups in total. The summed E-state index contributed by atoms with van der Waals surface area (Å²) in [7, 11) is 0. The highest BCUT2D eigenvalue weighted by Crippen LogP contribution is 2.33. The molecule has 1 heterocycles. The Labute approximate surface area is 162 Å². The van der Waals surface area contributed by atoms with Crippen molar-refractivity contribution in [2.24, 2.45) is 17.6 Å². The van der Waals surface area contributed by atoms with Crippen molar-refractivity contribution < 1.29 is 9.59 Å². The van der Waals surface area contributed by atoms with Crippen LogP contribution in [0.4, 0.5) is 0 Å². The molecular weight excluding hydrogens is 338 g/mol. The Hall–Kier alpha value is -1.88. The number of carbonyl (C=O) groups is 2. The van der Waals surface area contributed by atoms with Crippen molar-refractivity contribution in [1.82, 2.24) is 9.80 Å². The summed E-state index contributed by atoms with van der Waals surface area (Å²) >= 11 is 0. The first kappa shape index (κ1) is 19.9. The van der Waals surface area contributed by atoms with E-state index in [0.717, 1.165) is 63.7 Å². The molecule has 27 heavy (non-hydrogen) atoms. The second-order valence-electron chi connectivity index (χ2n) is 7.95. The molecule has 2 amide bonds. The Morgan fingerprint density at radius 1 is 1.11 bits per heavy atom. The number of carbonyl (C=O) groups excluding carboxylic acids is 2. The molecule has 0 unspecified atom stereocenters. The fourth-order valence-corrected chi connectivity index (χ4v) is 4.71. The predicted molar refractivity (Wildman–Crippen MR) is 107 cm³/mol. The normalized spacial score (nSPS) is 23.4. The van der Waals surface area contributed by atoms with Gasteiger partial charge in [-0.05, 0) is 56.7 Å². The average molecular weight is 372 g/mol. The molecule has 0 aromatic heterocycles. The zero-order valence-electron chi connectivity index (χ0n) is 16.5. The molecule has 0 radical (unpaired) electrons. The smallest absolute Gasteiger partial charge is 0.253 e. The first-order valence-corrected chi connectivity index (χ1v) is 10.5. The van der Waals surface area contributed by atoms with Gasteiger partial charge in [-0.15, -0.1) is 0 Å².